The average Bonchev–Trinajstić information content (AvgIpc) is 3.00. The average molecular weight is 357 g/mol. The molecular formula is C21H31N3O2. The number of nitrogens with zero attached hydrogens (tertiary/aromatic N) is 3. The first-order valence-corrected chi connectivity index (χ1v) is 10.0. The summed E-state index contributed by atoms with van der Waals surface area (Å²) in [5.41, 5.74) is 1.85. The van der Waals surface area contributed by atoms with Crippen LogP contribution in [-0.2, 0) is 4.74 Å². The Balaban J connectivity index is 1.54. The van der Waals surface area contributed by atoms with Gasteiger partial charge < -0.3 is 14.5 Å². The molecule has 0 saturated carbocycles. The van der Waals surface area contributed by atoms with Gasteiger partial charge in [0.05, 0.1) is 5.56 Å². The highest BCUT2D eigenvalue weighted by Crippen LogP contribution is 2.32. The summed E-state index contributed by atoms with van der Waals surface area (Å²) >= 11 is 0. The standard InChI is InChI=1S/C21H31N3O2/c1-22(2)20-6-4-3-5-19(20)21(25)24-14-16-7-8-18(24)15-23(13-16)17-9-11-26-12-10-17/h3-6,16-18H,7-15H2,1-2H3/t16-,18+/m1/s1. The third-order valence-corrected chi connectivity index (χ3v) is 6.33. The van der Waals surface area contributed by atoms with Gasteiger partial charge in [-0.3, -0.25) is 9.69 Å². The predicted octanol–water partition coefficient (Wildman–Crippen LogP) is 2.47. The van der Waals surface area contributed by atoms with E-state index in [1.165, 1.54) is 6.42 Å². The van der Waals surface area contributed by atoms with E-state index in [4.69, 9.17) is 4.74 Å². The van der Waals surface area contributed by atoms with Crippen LogP contribution in [0.2, 0.25) is 0 Å². The third kappa shape index (κ3) is 3.47. The summed E-state index contributed by atoms with van der Waals surface area (Å²) in [4.78, 5) is 20.3. The summed E-state index contributed by atoms with van der Waals surface area (Å²) < 4.78 is 5.55. The smallest absolute Gasteiger partial charge is 0.256 e. The van der Waals surface area contributed by atoms with Crippen LogP contribution >= 0.6 is 0 Å². The van der Waals surface area contributed by atoms with Crippen molar-refractivity contribution < 1.29 is 9.53 Å². The highest BCUT2D eigenvalue weighted by atomic mass is 16.5. The van der Waals surface area contributed by atoms with E-state index in [2.05, 4.69) is 9.80 Å². The van der Waals surface area contributed by atoms with Crippen molar-refractivity contribution in [1.29, 1.82) is 0 Å². The lowest BCUT2D eigenvalue weighted by Crippen LogP contribution is -2.48. The number of benzene rings is 1. The van der Waals surface area contributed by atoms with Crippen LogP contribution in [0.25, 0.3) is 0 Å². The molecular weight excluding hydrogens is 326 g/mol. The van der Waals surface area contributed by atoms with Crippen LogP contribution in [-0.4, -0.2) is 74.7 Å². The number of carbonyl (C=O) groups excluding carboxylic acids is 1. The van der Waals surface area contributed by atoms with Crippen LogP contribution < -0.4 is 4.90 Å². The Morgan fingerprint density at radius 1 is 1.00 bits per heavy atom. The Hall–Kier alpha value is -1.59. The van der Waals surface area contributed by atoms with Crippen molar-refractivity contribution in [3.8, 4) is 0 Å². The molecule has 4 aliphatic rings. The Morgan fingerprint density at radius 2 is 1.77 bits per heavy atom. The number of piperidine rings is 1. The minimum absolute atomic E-state index is 0.206. The fourth-order valence-electron chi connectivity index (χ4n) is 4.91. The Morgan fingerprint density at radius 3 is 2.54 bits per heavy atom. The number of ether oxygens (including phenoxy) is 1. The number of carbonyl (C=O) groups is 1. The second kappa shape index (κ2) is 7.57. The van der Waals surface area contributed by atoms with Gasteiger partial charge in [0, 0.05) is 64.7 Å². The summed E-state index contributed by atoms with van der Waals surface area (Å²) in [6.45, 7) is 4.84. The van der Waals surface area contributed by atoms with E-state index in [1.807, 2.05) is 43.3 Å². The molecule has 1 aromatic carbocycles. The maximum Gasteiger partial charge on any atom is 0.256 e. The van der Waals surface area contributed by atoms with Gasteiger partial charge in [0.15, 0.2) is 0 Å². The minimum Gasteiger partial charge on any atom is -0.381 e. The Kier molecular flexibility index (Phi) is 5.18. The second-order valence-corrected chi connectivity index (χ2v) is 8.26. The summed E-state index contributed by atoms with van der Waals surface area (Å²) in [7, 11) is 4.02. The fraction of sp³-hybridized carbons (Fsp3) is 0.667. The molecule has 1 aromatic rings. The van der Waals surface area contributed by atoms with E-state index < -0.39 is 0 Å². The van der Waals surface area contributed by atoms with Gasteiger partial charge in [0.2, 0.25) is 0 Å². The monoisotopic (exact) mass is 357 g/mol. The first-order valence-electron chi connectivity index (χ1n) is 10.0. The first-order chi connectivity index (χ1) is 12.6. The first kappa shape index (κ1) is 17.8. The molecule has 142 valence electrons. The van der Waals surface area contributed by atoms with Crippen molar-refractivity contribution in [2.75, 3.05) is 51.8 Å². The number of hydrogen-bond donors (Lipinski definition) is 0. The molecule has 2 atom stereocenters. The summed E-state index contributed by atoms with van der Waals surface area (Å²) in [6, 6.07) is 8.98. The lowest BCUT2D eigenvalue weighted by atomic mass is 9.94. The van der Waals surface area contributed by atoms with E-state index in [0.29, 0.717) is 18.0 Å². The number of fused-ring (bicyclic) bond motifs is 4. The zero-order chi connectivity index (χ0) is 18.1. The van der Waals surface area contributed by atoms with Crippen molar-refractivity contribution in [3.63, 3.8) is 0 Å². The van der Waals surface area contributed by atoms with Crippen LogP contribution in [0, 0.1) is 5.92 Å². The van der Waals surface area contributed by atoms with Crippen molar-refractivity contribution >= 4 is 11.6 Å². The van der Waals surface area contributed by atoms with Gasteiger partial charge in [-0.1, -0.05) is 12.1 Å². The van der Waals surface area contributed by atoms with E-state index in [9.17, 15) is 4.79 Å². The molecule has 0 radical (unpaired) electrons. The number of anilines is 1. The molecule has 4 heterocycles. The molecule has 5 rings (SSSR count). The number of hydrogen-bond acceptors (Lipinski definition) is 4. The second-order valence-electron chi connectivity index (χ2n) is 8.26. The molecule has 1 amide bonds. The largest absolute Gasteiger partial charge is 0.381 e. The van der Waals surface area contributed by atoms with Crippen molar-refractivity contribution in [1.82, 2.24) is 9.80 Å². The number of rotatable bonds is 3. The van der Waals surface area contributed by atoms with Crippen molar-refractivity contribution in [2.24, 2.45) is 5.92 Å². The lowest BCUT2D eigenvalue weighted by Gasteiger charge is -2.37. The van der Waals surface area contributed by atoms with Gasteiger partial charge in [0.25, 0.3) is 5.91 Å². The fourth-order valence-corrected chi connectivity index (χ4v) is 4.91. The summed E-state index contributed by atoms with van der Waals surface area (Å²) in [6.07, 6.45) is 4.66. The molecule has 4 fully saturated rings. The minimum atomic E-state index is 0.206. The van der Waals surface area contributed by atoms with E-state index in [1.54, 1.807) is 0 Å². The van der Waals surface area contributed by atoms with Crippen molar-refractivity contribution in [3.05, 3.63) is 29.8 Å². The van der Waals surface area contributed by atoms with Gasteiger partial charge >= 0.3 is 0 Å². The normalized spacial score (nSPS) is 27.4. The third-order valence-electron chi connectivity index (χ3n) is 6.33. The molecule has 0 aliphatic carbocycles. The molecule has 4 saturated heterocycles. The topological polar surface area (TPSA) is 36.0 Å². The van der Waals surface area contributed by atoms with Gasteiger partial charge in [-0.25, -0.2) is 0 Å². The molecule has 5 nitrogen and oxygen atoms in total. The molecule has 5 heteroatoms. The molecule has 2 bridgehead atoms. The van der Waals surface area contributed by atoms with Gasteiger partial charge in [0.1, 0.15) is 0 Å². The molecule has 0 aromatic heterocycles. The SMILES string of the molecule is CN(C)c1ccccc1C(=O)N1C[C@@H]2CC[C@H]1CN(C1CCOCC1)C2. The van der Waals surface area contributed by atoms with Gasteiger partial charge in [-0.2, -0.15) is 0 Å². The lowest BCUT2D eigenvalue weighted by molar-refractivity contribution is 0.0304. The molecule has 4 aliphatic heterocycles. The molecule has 0 spiro atoms. The number of para-hydroxylation sites is 1. The van der Waals surface area contributed by atoms with E-state index in [0.717, 1.165) is 63.4 Å². The molecule has 0 N–H and O–H groups in total. The van der Waals surface area contributed by atoms with Crippen LogP contribution in [0.15, 0.2) is 24.3 Å². The zero-order valence-corrected chi connectivity index (χ0v) is 16.1. The molecule has 26 heavy (non-hydrogen) atoms. The zero-order valence-electron chi connectivity index (χ0n) is 16.1. The summed E-state index contributed by atoms with van der Waals surface area (Å²) in [5, 5.41) is 0. The van der Waals surface area contributed by atoms with Crippen molar-refractivity contribution in [2.45, 2.75) is 37.8 Å². The van der Waals surface area contributed by atoms with E-state index >= 15 is 0 Å². The van der Waals surface area contributed by atoms with Crippen LogP contribution in [0.4, 0.5) is 5.69 Å². The van der Waals surface area contributed by atoms with Crippen LogP contribution in [0.5, 0.6) is 0 Å². The highest BCUT2D eigenvalue weighted by Gasteiger charge is 2.39. The van der Waals surface area contributed by atoms with Gasteiger partial charge in [-0.05, 0) is 43.7 Å². The maximum absolute atomic E-state index is 13.4. The molecule has 0 unspecified atom stereocenters. The quantitative estimate of drug-likeness (QED) is 0.833. The van der Waals surface area contributed by atoms with E-state index in [-0.39, 0.29) is 5.91 Å². The number of amides is 1. The predicted molar refractivity (Wildman–Crippen MR) is 104 cm³/mol. The Bertz CT molecular complexity index is 642. The Labute approximate surface area is 156 Å². The van der Waals surface area contributed by atoms with Gasteiger partial charge in [-0.15, -0.1) is 0 Å². The maximum atomic E-state index is 13.4. The van der Waals surface area contributed by atoms with Crippen LogP contribution in [0.1, 0.15) is 36.0 Å². The highest BCUT2D eigenvalue weighted by molar-refractivity contribution is 6.00. The van der Waals surface area contributed by atoms with Crippen LogP contribution in [0.3, 0.4) is 0 Å². The summed E-state index contributed by atoms with van der Waals surface area (Å²) in [5.74, 6) is 0.810.